The van der Waals surface area contributed by atoms with Gasteiger partial charge in [-0.05, 0) is 50.8 Å². The fourth-order valence-electron chi connectivity index (χ4n) is 2.96. The van der Waals surface area contributed by atoms with Crippen molar-refractivity contribution in [2.24, 2.45) is 0 Å². The van der Waals surface area contributed by atoms with E-state index in [9.17, 15) is 4.39 Å². The van der Waals surface area contributed by atoms with Crippen LogP contribution in [0.5, 0.6) is 0 Å². The molecular formula is C17H25FO2. The molecule has 2 nitrogen and oxygen atoms in total. The minimum absolute atomic E-state index is 0.0472. The van der Waals surface area contributed by atoms with Crippen LogP contribution in [0.3, 0.4) is 0 Å². The van der Waals surface area contributed by atoms with Crippen LogP contribution in [-0.2, 0) is 16.1 Å². The molecule has 2 rings (SSSR count). The summed E-state index contributed by atoms with van der Waals surface area (Å²) in [6.45, 7) is 7.59. The molecule has 0 saturated carbocycles. The molecule has 3 heteroatoms. The van der Waals surface area contributed by atoms with Gasteiger partial charge in [-0.1, -0.05) is 25.5 Å². The predicted octanol–water partition coefficient (Wildman–Crippen LogP) is 4.47. The van der Waals surface area contributed by atoms with E-state index >= 15 is 0 Å². The Bertz CT molecular complexity index is 427. The third-order valence-corrected chi connectivity index (χ3v) is 3.93. The first-order valence-electron chi connectivity index (χ1n) is 7.47. The van der Waals surface area contributed by atoms with Crippen LogP contribution < -0.4 is 0 Å². The summed E-state index contributed by atoms with van der Waals surface area (Å²) in [5, 5.41) is 0. The molecule has 0 aliphatic carbocycles. The molecule has 0 radical (unpaired) electrons. The van der Waals surface area contributed by atoms with Gasteiger partial charge in [-0.2, -0.15) is 0 Å². The highest BCUT2D eigenvalue weighted by Crippen LogP contribution is 2.40. The molecule has 0 bridgehead atoms. The van der Waals surface area contributed by atoms with Gasteiger partial charge in [-0.25, -0.2) is 4.39 Å². The molecule has 1 unspecified atom stereocenters. The van der Waals surface area contributed by atoms with E-state index in [4.69, 9.17) is 9.47 Å². The maximum Gasteiger partial charge on any atom is 0.123 e. The van der Waals surface area contributed by atoms with Crippen LogP contribution in [0.15, 0.2) is 24.3 Å². The average Bonchev–Trinajstić information content (AvgIpc) is 2.68. The van der Waals surface area contributed by atoms with E-state index in [-0.39, 0.29) is 17.0 Å². The molecule has 1 aliphatic heterocycles. The molecule has 1 heterocycles. The second kappa shape index (κ2) is 6.23. The zero-order chi connectivity index (χ0) is 14.6. The number of ether oxygens (including phenoxy) is 2. The first-order valence-corrected chi connectivity index (χ1v) is 7.47. The average molecular weight is 280 g/mol. The van der Waals surface area contributed by atoms with Gasteiger partial charge in [0.15, 0.2) is 0 Å². The maximum absolute atomic E-state index is 12.8. The number of benzene rings is 1. The lowest BCUT2D eigenvalue weighted by atomic mass is 9.94. The molecule has 1 aliphatic rings. The Morgan fingerprint density at radius 3 is 2.45 bits per heavy atom. The van der Waals surface area contributed by atoms with Gasteiger partial charge in [0.2, 0.25) is 0 Å². The smallest absolute Gasteiger partial charge is 0.123 e. The monoisotopic (exact) mass is 280 g/mol. The SMILES string of the molecule is CCCC1(COCc2ccc(F)cc2)CCC(C)(C)O1. The highest BCUT2D eigenvalue weighted by molar-refractivity contribution is 5.15. The standard InChI is InChI=1S/C17H25FO2/c1-4-9-17(11-10-16(2,3)20-17)13-19-12-14-5-7-15(18)8-6-14/h5-8H,4,9-13H2,1-3H3. The Morgan fingerprint density at radius 2 is 1.90 bits per heavy atom. The summed E-state index contributed by atoms with van der Waals surface area (Å²) in [4.78, 5) is 0. The molecule has 0 aromatic heterocycles. The van der Waals surface area contributed by atoms with Gasteiger partial charge in [-0.15, -0.1) is 0 Å². The minimum Gasteiger partial charge on any atom is -0.374 e. The molecule has 20 heavy (non-hydrogen) atoms. The van der Waals surface area contributed by atoms with Crippen molar-refractivity contribution >= 4 is 0 Å². The molecule has 1 aromatic rings. The van der Waals surface area contributed by atoms with Crippen LogP contribution in [0.2, 0.25) is 0 Å². The van der Waals surface area contributed by atoms with E-state index in [1.165, 1.54) is 12.1 Å². The molecular weight excluding hydrogens is 255 g/mol. The summed E-state index contributed by atoms with van der Waals surface area (Å²) in [5.41, 5.74) is 0.808. The van der Waals surface area contributed by atoms with Gasteiger partial charge < -0.3 is 9.47 Å². The summed E-state index contributed by atoms with van der Waals surface area (Å²) < 4.78 is 24.9. The Kier molecular flexibility index (Phi) is 4.82. The first kappa shape index (κ1) is 15.5. The van der Waals surface area contributed by atoms with Crippen molar-refractivity contribution in [3.8, 4) is 0 Å². The zero-order valence-electron chi connectivity index (χ0n) is 12.7. The van der Waals surface area contributed by atoms with Crippen molar-refractivity contribution < 1.29 is 13.9 Å². The second-order valence-corrected chi connectivity index (χ2v) is 6.41. The van der Waals surface area contributed by atoms with Crippen LogP contribution >= 0.6 is 0 Å². The third-order valence-electron chi connectivity index (χ3n) is 3.93. The highest BCUT2D eigenvalue weighted by atomic mass is 19.1. The summed E-state index contributed by atoms with van der Waals surface area (Å²) in [5.74, 6) is -0.211. The van der Waals surface area contributed by atoms with Gasteiger partial charge in [0.25, 0.3) is 0 Å². The molecule has 1 atom stereocenters. The molecule has 1 aromatic carbocycles. The Balaban J connectivity index is 1.88. The van der Waals surface area contributed by atoms with Gasteiger partial charge in [0.1, 0.15) is 5.82 Å². The molecule has 0 N–H and O–H groups in total. The lowest BCUT2D eigenvalue weighted by Crippen LogP contribution is -2.37. The van der Waals surface area contributed by atoms with E-state index in [1.54, 1.807) is 12.1 Å². The second-order valence-electron chi connectivity index (χ2n) is 6.41. The topological polar surface area (TPSA) is 18.5 Å². The molecule has 0 amide bonds. The maximum atomic E-state index is 12.8. The van der Waals surface area contributed by atoms with Gasteiger partial charge in [-0.3, -0.25) is 0 Å². The lowest BCUT2D eigenvalue weighted by molar-refractivity contribution is -0.129. The first-order chi connectivity index (χ1) is 9.45. The van der Waals surface area contributed by atoms with Crippen LogP contribution in [0.25, 0.3) is 0 Å². The van der Waals surface area contributed by atoms with Crippen LogP contribution in [-0.4, -0.2) is 17.8 Å². The van der Waals surface area contributed by atoms with E-state index < -0.39 is 0 Å². The molecule has 1 fully saturated rings. The van der Waals surface area contributed by atoms with Gasteiger partial charge in [0.05, 0.1) is 24.4 Å². The molecule has 0 spiro atoms. The van der Waals surface area contributed by atoms with Crippen molar-refractivity contribution in [2.45, 2.75) is 64.3 Å². The lowest BCUT2D eigenvalue weighted by Gasteiger charge is -2.31. The van der Waals surface area contributed by atoms with E-state index in [0.717, 1.165) is 31.2 Å². The van der Waals surface area contributed by atoms with Crippen molar-refractivity contribution in [1.82, 2.24) is 0 Å². The van der Waals surface area contributed by atoms with E-state index in [0.29, 0.717) is 13.2 Å². The van der Waals surface area contributed by atoms with Crippen LogP contribution in [0, 0.1) is 5.82 Å². The number of hydrogen-bond donors (Lipinski definition) is 0. The van der Waals surface area contributed by atoms with Gasteiger partial charge in [0, 0.05) is 0 Å². The summed E-state index contributed by atoms with van der Waals surface area (Å²) in [7, 11) is 0. The van der Waals surface area contributed by atoms with E-state index in [1.807, 2.05) is 0 Å². The quantitative estimate of drug-likeness (QED) is 0.765. The predicted molar refractivity (Wildman–Crippen MR) is 78.1 cm³/mol. The fourth-order valence-corrected chi connectivity index (χ4v) is 2.96. The highest BCUT2D eigenvalue weighted by Gasteiger charge is 2.43. The summed E-state index contributed by atoms with van der Waals surface area (Å²) in [6, 6.07) is 6.47. The Morgan fingerprint density at radius 1 is 1.20 bits per heavy atom. The Hall–Kier alpha value is -0.930. The van der Waals surface area contributed by atoms with E-state index in [2.05, 4.69) is 20.8 Å². The molecule has 112 valence electrons. The third kappa shape index (κ3) is 4.03. The minimum atomic E-state index is -0.211. The van der Waals surface area contributed by atoms with Gasteiger partial charge >= 0.3 is 0 Å². The van der Waals surface area contributed by atoms with Crippen molar-refractivity contribution in [1.29, 1.82) is 0 Å². The Labute approximate surface area is 121 Å². The van der Waals surface area contributed by atoms with Crippen molar-refractivity contribution in [3.63, 3.8) is 0 Å². The fraction of sp³-hybridized carbons (Fsp3) is 0.647. The zero-order valence-corrected chi connectivity index (χ0v) is 12.7. The van der Waals surface area contributed by atoms with Crippen molar-refractivity contribution in [3.05, 3.63) is 35.6 Å². The van der Waals surface area contributed by atoms with Crippen LogP contribution in [0.1, 0.15) is 52.0 Å². The van der Waals surface area contributed by atoms with Crippen molar-refractivity contribution in [2.75, 3.05) is 6.61 Å². The normalized spacial score (nSPS) is 25.0. The van der Waals surface area contributed by atoms with Crippen LogP contribution in [0.4, 0.5) is 4.39 Å². The largest absolute Gasteiger partial charge is 0.374 e. The summed E-state index contributed by atoms with van der Waals surface area (Å²) in [6.07, 6.45) is 4.25. The number of halogens is 1. The number of rotatable bonds is 6. The summed E-state index contributed by atoms with van der Waals surface area (Å²) >= 11 is 0. The number of hydrogen-bond acceptors (Lipinski definition) is 2. The molecule has 1 saturated heterocycles.